The van der Waals surface area contributed by atoms with E-state index in [1.54, 1.807) is 6.92 Å². The van der Waals surface area contributed by atoms with Crippen LogP contribution in [0.2, 0.25) is 0 Å². The highest BCUT2D eigenvalue weighted by Crippen LogP contribution is 2.21. The lowest BCUT2D eigenvalue weighted by molar-refractivity contribution is 0.385. The Labute approximate surface area is 122 Å². The van der Waals surface area contributed by atoms with E-state index < -0.39 is 11.2 Å². The molecule has 0 amide bonds. The molecule has 1 heterocycles. The van der Waals surface area contributed by atoms with Crippen molar-refractivity contribution < 1.29 is 5.11 Å². The highest BCUT2D eigenvalue weighted by Gasteiger charge is 2.23. The van der Waals surface area contributed by atoms with Crippen LogP contribution in [-0.2, 0) is 14.1 Å². The predicted molar refractivity (Wildman–Crippen MR) is 81.0 cm³/mol. The zero-order chi connectivity index (χ0) is 15.7. The molecule has 1 aliphatic carbocycles. The Kier molecular flexibility index (Phi) is 4.32. The van der Waals surface area contributed by atoms with Crippen LogP contribution in [0, 0.1) is 0 Å². The lowest BCUT2D eigenvalue weighted by Gasteiger charge is -2.26. The Hall–Kier alpha value is -1.89. The van der Waals surface area contributed by atoms with Gasteiger partial charge in [0.15, 0.2) is 0 Å². The van der Waals surface area contributed by atoms with Crippen LogP contribution >= 0.6 is 0 Å². The Morgan fingerprint density at radius 2 is 1.86 bits per heavy atom. The summed E-state index contributed by atoms with van der Waals surface area (Å²) in [6.45, 7) is 1.67. The molecule has 0 bridgehead atoms. The van der Waals surface area contributed by atoms with Gasteiger partial charge in [-0.25, -0.2) is 4.79 Å². The Balaban J connectivity index is 2.51. The summed E-state index contributed by atoms with van der Waals surface area (Å²) in [5.74, 6) is -0.353. The number of aromatic nitrogens is 2. The second kappa shape index (κ2) is 5.85. The minimum atomic E-state index is -0.566. The molecule has 1 aromatic rings. The first-order valence-electron chi connectivity index (χ1n) is 7.14. The van der Waals surface area contributed by atoms with Crippen molar-refractivity contribution in [2.75, 3.05) is 0 Å². The molecule has 2 atom stereocenters. The molecule has 0 aromatic carbocycles. The summed E-state index contributed by atoms with van der Waals surface area (Å²) in [7, 11) is 2.80. The second-order valence-electron chi connectivity index (χ2n) is 5.63. The van der Waals surface area contributed by atoms with Crippen LogP contribution in [0.15, 0.2) is 14.6 Å². The molecular weight excluding hydrogens is 272 g/mol. The topological polar surface area (TPSA) is 103 Å². The summed E-state index contributed by atoms with van der Waals surface area (Å²) in [6, 6.07) is -0.0627. The van der Waals surface area contributed by atoms with Crippen molar-refractivity contribution in [3.05, 3.63) is 26.4 Å². The molecule has 7 heteroatoms. The molecule has 1 fully saturated rings. The second-order valence-corrected chi connectivity index (χ2v) is 5.63. The van der Waals surface area contributed by atoms with E-state index in [-0.39, 0.29) is 23.5 Å². The number of aliphatic imine (C=N–C) groups is 1. The molecule has 2 unspecified atom stereocenters. The van der Waals surface area contributed by atoms with Crippen molar-refractivity contribution in [2.24, 2.45) is 24.8 Å². The lowest BCUT2D eigenvalue weighted by Crippen LogP contribution is -2.40. The van der Waals surface area contributed by atoms with E-state index in [9.17, 15) is 14.7 Å². The van der Waals surface area contributed by atoms with Gasteiger partial charge in [-0.1, -0.05) is 12.8 Å². The monoisotopic (exact) mass is 294 g/mol. The molecule has 0 saturated heterocycles. The summed E-state index contributed by atoms with van der Waals surface area (Å²) in [5.41, 5.74) is 5.44. The largest absolute Gasteiger partial charge is 0.494 e. The van der Waals surface area contributed by atoms with Crippen molar-refractivity contribution in [1.29, 1.82) is 0 Å². The van der Waals surface area contributed by atoms with Crippen molar-refractivity contribution in [1.82, 2.24) is 9.13 Å². The zero-order valence-corrected chi connectivity index (χ0v) is 12.7. The van der Waals surface area contributed by atoms with Crippen LogP contribution in [0.4, 0.5) is 0 Å². The summed E-state index contributed by atoms with van der Waals surface area (Å²) < 4.78 is 2.01. The molecule has 0 radical (unpaired) electrons. The van der Waals surface area contributed by atoms with Crippen LogP contribution in [0.25, 0.3) is 0 Å². The van der Waals surface area contributed by atoms with Gasteiger partial charge in [0.05, 0.1) is 11.8 Å². The van der Waals surface area contributed by atoms with E-state index in [2.05, 4.69) is 4.99 Å². The van der Waals surface area contributed by atoms with Gasteiger partial charge in [0.2, 0.25) is 5.88 Å². The van der Waals surface area contributed by atoms with Gasteiger partial charge in [0.1, 0.15) is 5.56 Å². The standard InChI is InChI=1S/C14H22N4O3/c1-8(16-10-7-5-4-6-9(10)15)11-12(19)17(2)14(21)18(3)13(11)20/h9-10,19H,4-7,15H2,1-3H3. The molecule has 1 aliphatic rings. The van der Waals surface area contributed by atoms with Crippen LogP contribution in [0.1, 0.15) is 38.2 Å². The third kappa shape index (κ3) is 2.78. The molecule has 0 aliphatic heterocycles. The van der Waals surface area contributed by atoms with E-state index in [4.69, 9.17) is 5.73 Å². The fraction of sp³-hybridized carbons (Fsp3) is 0.643. The van der Waals surface area contributed by atoms with E-state index in [0.717, 1.165) is 34.8 Å². The van der Waals surface area contributed by atoms with Crippen molar-refractivity contribution in [2.45, 2.75) is 44.7 Å². The SMILES string of the molecule is CC(=NC1CCCCC1N)c1c(O)n(C)c(=O)n(C)c1=O. The molecule has 116 valence electrons. The quantitative estimate of drug-likeness (QED) is 0.741. The fourth-order valence-corrected chi connectivity index (χ4v) is 2.76. The molecule has 7 nitrogen and oxygen atoms in total. The first kappa shape index (κ1) is 15.5. The Morgan fingerprint density at radius 1 is 1.24 bits per heavy atom. The number of hydrogen-bond donors (Lipinski definition) is 2. The molecule has 1 saturated carbocycles. The number of rotatable bonds is 2. The molecular formula is C14H22N4O3. The molecule has 0 spiro atoms. The normalized spacial score (nSPS) is 23.3. The average Bonchev–Trinajstić information content (AvgIpc) is 2.46. The Bertz CT molecular complexity index is 687. The van der Waals surface area contributed by atoms with Crippen LogP contribution in [-0.4, -0.2) is 32.0 Å². The summed E-state index contributed by atoms with van der Waals surface area (Å²) in [6.07, 6.45) is 3.95. The van der Waals surface area contributed by atoms with Gasteiger partial charge in [0, 0.05) is 20.1 Å². The highest BCUT2D eigenvalue weighted by atomic mass is 16.3. The van der Waals surface area contributed by atoms with Crippen LogP contribution in [0.3, 0.4) is 0 Å². The van der Waals surface area contributed by atoms with Gasteiger partial charge in [-0.15, -0.1) is 0 Å². The van der Waals surface area contributed by atoms with Gasteiger partial charge in [-0.2, -0.15) is 0 Å². The smallest absolute Gasteiger partial charge is 0.333 e. The minimum Gasteiger partial charge on any atom is -0.494 e. The summed E-state index contributed by atoms with van der Waals surface area (Å²) >= 11 is 0. The predicted octanol–water partition coefficient (Wildman–Crippen LogP) is -0.131. The maximum Gasteiger partial charge on any atom is 0.333 e. The number of hydrogen-bond acceptors (Lipinski definition) is 5. The first-order chi connectivity index (χ1) is 9.84. The van der Waals surface area contributed by atoms with E-state index in [1.165, 1.54) is 14.1 Å². The maximum atomic E-state index is 12.2. The van der Waals surface area contributed by atoms with Crippen molar-refractivity contribution in [3.63, 3.8) is 0 Å². The van der Waals surface area contributed by atoms with Gasteiger partial charge in [-0.3, -0.25) is 18.9 Å². The van der Waals surface area contributed by atoms with Crippen LogP contribution in [0.5, 0.6) is 5.88 Å². The maximum absolute atomic E-state index is 12.2. The molecule has 3 N–H and O–H groups in total. The van der Waals surface area contributed by atoms with Gasteiger partial charge in [0.25, 0.3) is 5.56 Å². The summed E-state index contributed by atoms with van der Waals surface area (Å²) in [4.78, 5) is 28.5. The van der Waals surface area contributed by atoms with E-state index in [1.807, 2.05) is 0 Å². The number of aromatic hydroxyl groups is 1. The number of nitrogens with two attached hydrogens (primary N) is 1. The minimum absolute atomic E-state index is 0.0211. The molecule has 21 heavy (non-hydrogen) atoms. The lowest BCUT2D eigenvalue weighted by atomic mass is 9.91. The van der Waals surface area contributed by atoms with E-state index >= 15 is 0 Å². The third-order valence-electron chi connectivity index (χ3n) is 4.14. The first-order valence-corrected chi connectivity index (χ1v) is 7.14. The van der Waals surface area contributed by atoms with Crippen LogP contribution < -0.4 is 17.0 Å². The van der Waals surface area contributed by atoms with Gasteiger partial charge in [-0.05, 0) is 19.8 Å². The highest BCUT2D eigenvalue weighted by molar-refractivity contribution is 6.00. The molecule has 1 aromatic heterocycles. The zero-order valence-electron chi connectivity index (χ0n) is 12.7. The number of nitrogens with zero attached hydrogens (tertiary/aromatic N) is 3. The average molecular weight is 294 g/mol. The van der Waals surface area contributed by atoms with E-state index in [0.29, 0.717) is 5.71 Å². The van der Waals surface area contributed by atoms with Crippen molar-refractivity contribution >= 4 is 5.71 Å². The van der Waals surface area contributed by atoms with Crippen molar-refractivity contribution in [3.8, 4) is 5.88 Å². The third-order valence-corrected chi connectivity index (χ3v) is 4.14. The summed E-state index contributed by atoms with van der Waals surface area (Å²) in [5, 5.41) is 10.1. The fourth-order valence-electron chi connectivity index (χ4n) is 2.76. The molecule has 2 rings (SSSR count). The van der Waals surface area contributed by atoms with Gasteiger partial charge < -0.3 is 10.8 Å². The van der Waals surface area contributed by atoms with Gasteiger partial charge >= 0.3 is 5.69 Å². The Morgan fingerprint density at radius 3 is 2.48 bits per heavy atom.